The number of hydrogen-bond donors (Lipinski definition) is 0. The van der Waals surface area contributed by atoms with Crippen molar-refractivity contribution in [3.8, 4) is 0 Å². The molecule has 0 aliphatic rings. The molecule has 0 aliphatic carbocycles. The van der Waals surface area contributed by atoms with Crippen LogP contribution in [0.15, 0.2) is 146 Å². The Kier molecular flexibility index (Phi) is 63.9. The van der Waals surface area contributed by atoms with Crippen molar-refractivity contribution in [2.24, 2.45) is 0 Å². The zero-order valence-electron chi connectivity index (χ0n) is 52.5. The summed E-state index contributed by atoms with van der Waals surface area (Å²) in [4.78, 5) is 38.1. The van der Waals surface area contributed by atoms with Gasteiger partial charge in [-0.1, -0.05) is 295 Å². The number of unbranched alkanes of at least 4 members (excludes halogenated alkanes) is 24. The molecule has 0 N–H and O–H groups in total. The van der Waals surface area contributed by atoms with E-state index in [2.05, 4.69) is 167 Å². The van der Waals surface area contributed by atoms with Crippen LogP contribution in [0.25, 0.3) is 0 Å². The van der Waals surface area contributed by atoms with Crippen molar-refractivity contribution in [2.75, 3.05) is 13.2 Å². The van der Waals surface area contributed by atoms with Crippen molar-refractivity contribution < 1.29 is 28.6 Å². The first-order valence-corrected chi connectivity index (χ1v) is 33.3. The fourth-order valence-electron chi connectivity index (χ4n) is 8.92. The second-order valence-corrected chi connectivity index (χ2v) is 21.6. The predicted octanol–water partition coefficient (Wildman–Crippen LogP) is 23.1. The van der Waals surface area contributed by atoms with Gasteiger partial charge in [0.25, 0.3) is 0 Å². The lowest BCUT2D eigenvalue weighted by Crippen LogP contribution is -2.30. The van der Waals surface area contributed by atoms with Crippen molar-refractivity contribution in [3.05, 3.63) is 146 Å². The number of carbonyl (C=O) groups is 3. The minimum atomic E-state index is -0.787. The lowest BCUT2D eigenvalue weighted by Gasteiger charge is -2.18. The molecule has 1 unspecified atom stereocenters. The zero-order valence-corrected chi connectivity index (χ0v) is 52.5. The van der Waals surface area contributed by atoms with Gasteiger partial charge < -0.3 is 14.2 Å². The highest BCUT2D eigenvalue weighted by Gasteiger charge is 2.19. The Labute approximate surface area is 499 Å². The molecule has 0 saturated carbocycles. The maximum Gasteiger partial charge on any atom is 0.306 e. The average Bonchev–Trinajstić information content (AvgIpc) is 3.46. The van der Waals surface area contributed by atoms with E-state index in [0.717, 1.165) is 148 Å². The van der Waals surface area contributed by atoms with Gasteiger partial charge in [0.1, 0.15) is 13.2 Å². The van der Waals surface area contributed by atoms with Crippen LogP contribution in [0.5, 0.6) is 0 Å². The van der Waals surface area contributed by atoms with Crippen LogP contribution in [0, 0.1) is 0 Å². The second kappa shape index (κ2) is 67.8. The molecular formula is C75H122O6. The Morgan fingerprint density at radius 2 is 0.481 bits per heavy atom. The molecule has 458 valence electrons. The van der Waals surface area contributed by atoms with Gasteiger partial charge in [0.05, 0.1) is 0 Å². The Hall–Kier alpha value is -4.71. The van der Waals surface area contributed by atoms with Gasteiger partial charge in [-0.15, -0.1) is 0 Å². The van der Waals surface area contributed by atoms with Crippen LogP contribution >= 0.6 is 0 Å². The molecule has 0 saturated heterocycles. The summed E-state index contributed by atoms with van der Waals surface area (Å²) < 4.78 is 16.8. The zero-order chi connectivity index (χ0) is 58.5. The minimum absolute atomic E-state index is 0.0849. The molecule has 0 heterocycles. The van der Waals surface area contributed by atoms with Crippen LogP contribution < -0.4 is 0 Å². The Morgan fingerprint density at radius 3 is 0.753 bits per heavy atom. The molecule has 0 aromatic carbocycles. The van der Waals surface area contributed by atoms with E-state index < -0.39 is 6.10 Å². The summed E-state index contributed by atoms with van der Waals surface area (Å²) in [6, 6.07) is 0. The van der Waals surface area contributed by atoms with Gasteiger partial charge >= 0.3 is 17.9 Å². The fourth-order valence-corrected chi connectivity index (χ4v) is 8.92. The molecular weight excluding hydrogens is 997 g/mol. The minimum Gasteiger partial charge on any atom is -0.462 e. The number of ether oxygens (including phenoxy) is 3. The molecule has 0 fully saturated rings. The highest BCUT2D eigenvalue weighted by atomic mass is 16.6. The van der Waals surface area contributed by atoms with Crippen molar-refractivity contribution >= 4 is 17.9 Å². The number of hydrogen-bond acceptors (Lipinski definition) is 6. The smallest absolute Gasteiger partial charge is 0.306 e. The molecule has 6 nitrogen and oxygen atoms in total. The molecule has 0 amide bonds. The van der Waals surface area contributed by atoms with Crippen LogP contribution in [-0.4, -0.2) is 37.2 Å². The van der Waals surface area contributed by atoms with Crippen LogP contribution in [0.2, 0.25) is 0 Å². The van der Waals surface area contributed by atoms with E-state index in [1.54, 1.807) is 0 Å². The first-order chi connectivity index (χ1) is 40.0. The van der Waals surface area contributed by atoms with E-state index >= 15 is 0 Å². The lowest BCUT2D eigenvalue weighted by atomic mass is 10.1. The highest BCUT2D eigenvalue weighted by molar-refractivity contribution is 5.71. The third-order valence-electron chi connectivity index (χ3n) is 13.8. The molecule has 0 spiro atoms. The first-order valence-electron chi connectivity index (χ1n) is 33.3. The topological polar surface area (TPSA) is 78.9 Å². The van der Waals surface area contributed by atoms with Gasteiger partial charge in [0.2, 0.25) is 0 Å². The van der Waals surface area contributed by atoms with E-state index in [1.807, 2.05) is 0 Å². The van der Waals surface area contributed by atoms with Gasteiger partial charge in [-0.2, -0.15) is 0 Å². The van der Waals surface area contributed by atoms with Gasteiger partial charge in [-0.25, -0.2) is 0 Å². The van der Waals surface area contributed by atoms with Crippen molar-refractivity contribution in [3.63, 3.8) is 0 Å². The first kappa shape index (κ1) is 76.3. The summed E-state index contributed by atoms with van der Waals surface area (Å²) in [5.41, 5.74) is 0. The fraction of sp³-hybridized carbons (Fsp3) is 0.640. The maximum absolute atomic E-state index is 12.9. The summed E-state index contributed by atoms with van der Waals surface area (Å²) in [6.07, 6.45) is 97.4. The quantitative estimate of drug-likeness (QED) is 0.0261. The SMILES string of the molecule is CC/C=C\C/C=C\C/C=C\C/C=C\C/C=C\C/C=C\C/C=C\CCCCCCCCCCCC(=O)OCC(COC(=O)CCCCCCCCC)OC(=O)CCCCCCCCCCC/C=C\C/C=C\C/C=C\C/C=C\C/C=C\CC. The summed E-state index contributed by atoms with van der Waals surface area (Å²) in [5, 5.41) is 0. The summed E-state index contributed by atoms with van der Waals surface area (Å²) in [5.74, 6) is -0.903. The normalized spacial score (nSPS) is 13.1. The van der Waals surface area contributed by atoms with Gasteiger partial charge in [-0.05, 0) is 122 Å². The van der Waals surface area contributed by atoms with E-state index in [4.69, 9.17) is 14.2 Å². The second-order valence-electron chi connectivity index (χ2n) is 21.6. The molecule has 0 aliphatic heterocycles. The molecule has 81 heavy (non-hydrogen) atoms. The summed E-state index contributed by atoms with van der Waals surface area (Å²) in [7, 11) is 0. The number of esters is 3. The van der Waals surface area contributed by atoms with Crippen molar-refractivity contribution in [2.45, 2.75) is 297 Å². The third kappa shape index (κ3) is 66.0. The van der Waals surface area contributed by atoms with Gasteiger partial charge in [0, 0.05) is 19.3 Å². The number of carbonyl (C=O) groups excluding carboxylic acids is 3. The number of rotatable bonds is 59. The largest absolute Gasteiger partial charge is 0.462 e. The molecule has 0 aromatic rings. The number of allylic oxidation sites excluding steroid dienone is 24. The van der Waals surface area contributed by atoms with Crippen LogP contribution in [0.1, 0.15) is 290 Å². The molecule has 0 rings (SSSR count). The summed E-state index contributed by atoms with van der Waals surface area (Å²) in [6.45, 7) is 6.37. The molecule has 0 aromatic heterocycles. The Morgan fingerprint density at radius 1 is 0.259 bits per heavy atom. The van der Waals surface area contributed by atoms with E-state index in [1.165, 1.54) is 103 Å². The average molecular weight is 1120 g/mol. The predicted molar refractivity (Wildman–Crippen MR) is 352 cm³/mol. The van der Waals surface area contributed by atoms with E-state index in [0.29, 0.717) is 19.3 Å². The maximum atomic E-state index is 12.9. The third-order valence-corrected chi connectivity index (χ3v) is 13.8. The van der Waals surface area contributed by atoms with E-state index in [9.17, 15) is 14.4 Å². The molecule has 6 heteroatoms. The molecule has 0 bridgehead atoms. The Bertz CT molecular complexity index is 1760. The monoisotopic (exact) mass is 1120 g/mol. The van der Waals surface area contributed by atoms with Crippen molar-refractivity contribution in [1.29, 1.82) is 0 Å². The van der Waals surface area contributed by atoms with Gasteiger partial charge in [-0.3, -0.25) is 14.4 Å². The molecule has 1 atom stereocenters. The lowest BCUT2D eigenvalue weighted by molar-refractivity contribution is -0.167. The Balaban J connectivity index is 4.17. The van der Waals surface area contributed by atoms with Gasteiger partial charge in [0.15, 0.2) is 6.10 Å². The summed E-state index contributed by atoms with van der Waals surface area (Å²) >= 11 is 0. The van der Waals surface area contributed by atoms with E-state index in [-0.39, 0.29) is 31.1 Å². The molecule has 0 radical (unpaired) electrons. The highest BCUT2D eigenvalue weighted by Crippen LogP contribution is 2.15. The van der Waals surface area contributed by atoms with Crippen LogP contribution in [0.4, 0.5) is 0 Å². The standard InChI is InChI=1S/C75H122O6/c1-4-7-10-13-16-18-20-22-24-26-28-30-32-34-35-36-37-38-39-41-42-44-46-48-50-52-54-56-59-62-65-68-74(77)80-71-72(70-79-73(76)67-64-61-58-15-12-9-6-3)81-75(78)69-66-63-60-57-55-53-51-49-47-45-43-40-33-31-29-27-25-23-21-19-17-14-11-8-5-2/h7-8,10-11,16-19,22-25,28-31,34-35,37-38,40-43,72H,4-6,9,12-15,20-21,26-27,32-33,36,39,44-71H2,1-3H3/b10-7-,11-8-,18-16-,19-17-,24-22-,25-23-,30-28-,31-29-,35-34-,38-37-,42-41-,43-40-. The van der Waals surface area contributed by atoms with Crippen LogP contribution in [-0.2, 0) is 28.6 Å². The van der Waals surface area contributed by atoms with Crippen molar-refractivity contribution in [1.82, 2.24) is 0 Å². The van der Waals surface area contributed by atoms with Crippen LogP contribution in [0.3, 0.4) is 0 Å².